The molecule has 0 atom stereocenters. The quantitative estimate of drug-likeness (QED) is 0.0734. The van der Waals surface area contributed by atoms with Crippen molar-refractivity contribution < 1.29 is 23.9 Å². The predicted molar refractivity (Wildman–Crippen MR) is 170 cm³/mol. The lowest BCUT2D eigenvalue weighted by Crippen LogP contribution is -2.32. The zero-order chi connectivity index (χ0) is 31.9. The highest BCUT2D eigenvalue weighted by atomic mass is 35.6. The molecule has 4 rings (SSSR count). The van der Waals surface area contributed by atoms with Crippen molar-refractivity contribution in [2.24, 2.45) is 5.73 Å². The van der Waals surface area contributed by atoms with Gasteiger partial charge < -0.3 is 25.8 Å². The number of carbonyl (C=O) groups is 3. The van der Waals surface area contributed by atoms with Crippen LogP contribution in [-0.2, 0) is 11.3 Å². The number of anilines is 1. The summed E-state index contributed by atoms with van der Waals surface area (Å²) in [6.45, 7) is -0.306. The molecule has 0 saturated carbocycles. The first-order valence-electron chi connectivity index (χ1n) is 13.0. The maximum atomic E-state index is 13.5. The highest BCUT2D eigenvalue weighted by molar-refractivity contribution is 6.67. The normalized spacial score (nSPS) is 10.9. The zero-order valence-electron chi connectivity index (χ0n) is 23.2. The highest BCUT2D eigenvalue weighted by Gasteiger charge is 2.25. The molecule has 0 aliphatic heterocycles. The predicted octanol–water partition coefficient (Wildman–Crippen LogP) is 5.75. The standard InChI is InChI=1S/C31H26Cl3N5O5/c1-43-25-14-13-23(26(39-25)29(41)38-21-10-7-19(8-11-21)27(35)36)22-12-9-20(28(40)37-17-31(32,33)34)15-24(22)30(42)44-16-18-5-3-2-4-6-18/h2-15H,16-17H2,1H3,(H3,35,36)(H,37,40)(H,38,41). The third-order valence-corrected chi connectivity index (χ3v) is 6.60. The van der Waals surface area contributed by atoms with Gasteiger partial charge in [0.05, 0.1) is 19.2 Å². The molecule has 226 valence electrons. The van der Waals surface area contributed by atoms with Crippen molar-refractivity contribution in [1.29, 1.82) is 5.41 Å². The molecule has 1 aromatic heterocycles. The number of nitrogens with one attached hydrogen (secondary N) is 3. The number of benzene rings is 3. The van der Waals surface area contributed by atoms with Crippen molar-refractivity contribution in [3.8, 4) is 17.0 Å². The Balaban J connectivity index is 1.74. The van der Waals surface area contributed by atoms with Crippen LogP contribution in [0, 0.1) is 5.41 Å². The molecule has 0 saturated heterocycles. The van der Waals surface area contributed by atoms with Gasteiger partial charge in [-0.05, 0) is 53.6 Å². The number of nitrogens with zero attached hydrogens (tertiary/aromatic N) is 1. The first-order chi connectivity index (χ1) is 20.9. The summed E-state index contributed by atoms with van der Waals surface area (Å²) in [7, 11) is 1.40. The number of aromatic nitrogens is 1. The maximum absolute atomic E-state index is 13.5. The van der Waals surface area contributed by atoms with Gasteiger partial charge in [-0.25, -0.2) is 9.78 Å². The van der Waals surface area contributed by atoms with Gasteiger partial charge in [-0.2, -0.15) is 0 Å². The minimum Gasteiger partial charge on any atom is -0.481 e. The summed E-state index contributed by atoms with van der Waals surface area (Å²) in [5.41, 5.74) is 7.73. The SMILES string of the molecule is COc1ccc(-c2ccc(C(=O)NCC(Cl)(Cl)Cl)cc2C(=O)OCc2ccccc2)c(C(=O)Nc2ccc(C(=N)N)cc2)n1. The second-order valence-corrected chi connectivity index (χ2v) is 11.8. The fraction of sp³-hybridized carbons (Fsp3) is 0.129. The summed E-state index contributed by atoms with van der Waals surface area (Å²) in [4.78, 5) is 44.2. The number of carbonyl (C=O) groups excluding carboxylic acids is 3. The number of esters is 1. The van der Waals surface area contributed by atoms with E-state index in [2.05, 4.69) is 15.6 Å². The number of alkyl halides is 3. The summed E-state index contributed by atoms with van der Waals surface area (Å²) in [6, 6.07) is 22.8. The van der Waals surface area contributed by atoms with Crippen LogP contribution in [-0.4, -0.2) is 46.1 Å². The summed E-state index contributed by atoms with van der Waals surface area (Å²) in [6.07, 6.45) is 0. The molecular weight excluding hydrogens is 629 g/mol. The van der Waals surface area contributed by atoms with Gasteiger partial charge >= 0.3 is 5.97 Å². The minimum absolute atomic E-state index is 0.00528. The first kappa shape index (κ1) is 32.3. The number of amidine groups is 1. The van der Waals surface area contributed by atoms with Crippen LogP contribution >= 0.6 is 34.8 Å². The van der Waals surface area contributed by atoms with Crippen molar-refractivity contribution in [1.82, 2.24) is 10.3 Å². The Kier molecular flexibility index (Phi) is 10.4. The molecule has 0 radical (unpaired) electrons. The molecule has 0 unspecified atom stereocenters. The fourth-order valence-electron chi connectivity index (χ4n) is 4.04. The molecule has 0 bridgehead atoms. The van der Waals surface area contributed by atoms with Crippen LogP contribution < -0.4 is 21.1 Å². The van der Waals surface area contributed by atoms with E-state index < -0.39 is 21.6 Å². The highest BCUT2D eigenvalue weighted by Crippen LogP contribution is 2.31. The van der Waals surface area contributed by atoms with E-state index in [4.69, 9.17) is 55.4 Å². The van der Waals surface area contributed by atoms with Gasteiger partial charge in [0.2, 0.25) is 9.67 Å². The molecule has 13 heteroatoms. The molecule has 3 aromatic carbocycles. The first-order valence-corrected chi connectivity index (χ1v) is 14.1. The van der Waals surface area contributed by atoms with Gasteiger partial charge in [0.1, 0.15) is 18.1 Å². The van der Waals surface area contributed by atoms with Gasteiger partial charge in [-0.1, -0.05) is 71.2 Å². The zero-order valence-corrected chi connectivity index (χ0v) is 25.5. The summed E-state index contributed by atoms with van der Waals surface area (Å²) < 4.78 is 9.12. The van der Waals surface area contributed by atoms with Crippen molar-refractivity contribution in [2.45, 2.75) is 10.4 Å². The van der Waals surface area contributed by atoms with Gasteiger partial charge in [0.25, 0.3) is 11.8 Å². The molecule has 5 N–H and O–H groups in total. The maximum Gasteiger partial charge on any atom is 0.339 e. The molecule has 0 spiro atoms. The van der Waals surface area contributed by atoms with Crippen molar-refractivity contribution in [2.75, 3.05) is 19.0 Å². The van der Waals surface area contributed by atoms with E-state index in [0.29, 0.717) is 11.3 Å². The number of rotatable bonds is 10. The number of halogens is 3. The summed E-state index contributed by atoms with van der Waals surface area (Å²) in [5.74, 6) is -1.92. The number of amides is 2. The topological polar surface area (TPSA) is 156 Å². The fourth-order valence-corrected chi connectivity index (χ4v) is 4.24. The molecule has 0 aliphatic carbocycles. The average Bonchev–Trinajstić information content (AvgIpc) is 3.02. The summed E-state index contributed by atoms with van der Waals surface area (Å²) >= 11 is 17.3. The Bertz CT molecular complexity index is 1690. The average molecular weight is 655 g/mol. The third-order valence-electron chi connectivity index (χ3n) is 6.20. The lowest BCUT2D eigenvalue weighted by Gasteiger charge is -2.16. The Morgan fingerprint density at radius 3 is 2.18 bits per heavy atom. The minimum atomic E-state index is -1.73. The van der Waals surface area contributed by atoms with Gasteiger partial charge in [0, 0.05) is 28.4 Å². The molecule has 0 fully saturated rings. The van der Waals surface area contributed by atoms with Crippen LogP contribution in [0.4, 0.5) is 5.69 Å². The number of hydrogen-bond donors (Lipinski definition) is 4. The molecule has 2 amide bonds. The Morgan fingerprint density at radius 2 is 1.55 bits per heavy atom. The van der Waals surface area contributed by atoms with Crippen LogP contribution in [0.5, 0.6) is 5.88 Å². The van der Waals surface area contributed by atoms with E-state index >= 15 is 0 Å². The van der Waals surface area contributed by atoms with Crippen LogP contribution in [0.1, 0.15) is 42.3 Å². The largest absolute Gasteiger partial charge is 0.481 e. The number of nitrogens with two attached hydrogens (primary N) is 1. The Morgan fingerprint density at radius 1 is 0.886 bits per heavy atom. The number of hydrogen-bond acceptors (Lipinski definition) is 7. The molecule has 44 heavy (non-hydrogen) atoms. The second-order valence-electron chi connectivity index (χ2n) is 9.31. The van der Waals surface area contributed by atoms with Crippen LogP contribution in [0.2, 0.25) is 0 Å². The van der Waals surface area contributed by atoms with Crippen molar-refractivity contribution >= 4 is 64.1 Å². The van der Waals surface area contributed by atoms with E-state index in [1.54, 1.807) is 42.5 Å². The Hall–Kier alpha value is -4.64. The van der Waals surface area contributed by atoms with Crippen molar-refractivity contribution in [3.05, 3.63) is 113 Å². The lowest BCUT2D eigenvalue weighted by atomic mass is 9.95. The molecule has 0 aliphatic rings. The number of pyridine rings is 1. The molecule has 1 heterocycles. The molecule has 4 aromatic rings. The van der Waals surface area contributed by atoms with Crippen LogP contribution in [0.25, 0.3) is 11.1 Å². The number of nitrogen functional groups attached to an aromatic ring is 1. The monoisotopic (exact) mass is 653 g/mol. The lowest BCUT2D eigenvalue weighted by molar-refractivity contribution is 0.0473. The van der Waals surface area contributed by atoms with Gasteiger partial charge in [-0.3, -0.25) is 15.0 Å². The third kappa shape index (κ3) is 8.47. The van der Waals surface area contributed by atoms with E-state index in [1.165, 1.54) is 31.4 Å². The number of ether oxygens (including phenoxy) is 2. The van der Waals surface area contributed by atoms with Crippen LogP contribution in [0.3, 0.4) is 0 Å². The molecule has 10 nitrogen and oxygen atoms in total. The van der Waals surface area contributed by atoms with Gasteiger partial charge in [0.15, 0.2) is 0 Å². The van der Waals surface area contributed by atoms with E-state index in [-0.39, 0.29) is 52.8 Å². The van der Waals surface area contributed by atoms with Crippen LogP contribution in [0.15, 0.2) is 84.9 Å². The van der Waals surface area contributed by atoms with Gasteiger partial charge in [-0.15, -0.1) is 0 Å². The molecular formula is C31H26Cl3N5O5. The Labute approximate surface area is 267 Å². The van der Waals surface area contributed by atoms with E-state index in [0.717, 1.165) is 5.56 Å². The summed E-state index contributed by atoms with van der Waals surface area (Å²) in [5, 5.41) is 12.8. The van der Waals surface area contributed by atoms with E-state index in [1.807, 2.05) is 18.2 Å². The number of methoxy groups -OCH3 is 1. The second kappa shape index (κ2) is 14.2. The van der Waals surface area contributed by atoms with E-state index in [9.17, 15) is 14.4 Å². The van der Waals surface area contributed by atoms with Crippen molar-refractivity contribution in [3.63, 3.8) is 0 Å². The smallest absolute Gasteiger partial charge is 0.339 e.